The molecule has 0 spiro atoms. The van der Waals surface area contributed by atoms with E-state index in [9.17, 15) is 53.4 Å². The van der Waals surface area contributed by atoms with Gasteiger partial charge < -0.3 is 57.7 Å². The number of nitrogens with two attached hydrogens (primary N) is 1. The first-order valence-electron chi connectivity index (χ1n) is 18.2. The van der Waals surface area contributed by atoms with Gasteiger partial charge in [-0.2, -0.15) is 0 Å². The summed E-state index contributed by atoms with van der Waals surface area (Å²) in [5, 5.41) is 33.3. The van der Waals surface area contributed by atoms with Crippen LogP contribution in [0.3, 0.4) is 0 Å². The molecule has 7 amide bonds. The monoisotopic (exact) mass is 798 g/mol. The minimum atomic E-state index is -1.68. The predicted molar refractivity (Wildman–Crippen MR) is 199 cm³/mol. The SMILES string of the molecule is CC(C)[C@H](NC(=O)CNC(=O)[C@H](CC(=O)O)NC(=O)[C@H](C)NC(=O)CNC(=O)[C@@H](N)Cc1cnc[nH]1)C(=O)N1CCC[C@H]1C(=O)N[C@@H](Cc1ccccc1)C(=O)O. The van der Waals surface area contributed by atoms with Crippen molar-refractivity contribution in [3.05, 3.63) is 54.1 Å². The zero-order valence-electron chi connectivity index (χ0n) is 31.8. The topological polar surface area (TPSA) is 324 Å². The number of amides is 7. The molecule has 0 bridgehead atoms. The lowest BCUT2D eigenvalue weighted by molar-refractivity contribution is -0.145. The number of H-pyrrole nitrogens is 1. The van der Waals surface area contributed by atoms with Crippen molar-refractivity contribution in [2.75, 3.05) is 19.6 Å². The highest BCUT2D eigenvalue weighted by Crippen LogP contribution is 2.21. The molecule has 1 aliphatic rings. The summed E-state index contributed by atoms with van der Waals surface area (Å²) >= 11 is 0. The molecule has 21 heteroatoms. The fourth-order valence-electron chi connectivity index (χ4n) is 5.89. The van der Waals surface area contributed by atoms with Gasteiger partial charge >= 0.3 is 11.9 Å². The number of nitrogens with zero attached hydrogens (tertiary/aromatic N) is 2. The summed E-state index contributed by atoms with van der Waals surface area (Å²) in [6.45, 7) is 3.48. The molecule has 11 N–H and O–H groups in total. The molecule has 1 aromatic carbocycles. The van der Waals surface area contributed by atoms with Crippen molar-refractivity contribution in [3.63, 3.8) is 0 Å². The highest BCUT2D eigenvalue weighted by molar-refractivity contribution is 5.97. The van der Waals surface area contributed by atoms with Crippen molar-refractivity contribution in [1.82, 2.24) is 46.8 Å². The van der Waals surface area contributed by atoms with Gasteiger partial charge in [0.1, 0.15) is 30.2 Å². The minimum absolute atomic E-state index is 0.0249. The molecular weight excluding hydrogens is 748 g/mol. The molecule has 1 saturated heterocycles. The van der Waals surface area contributed by atoms with Crippen LogP contribution in [0.1, 0.15) is 51.3 Å². The summed E-state index contributed by atoms with van der Waals surface area (Å²) in [7, 11) is 0. The zero-order valence-corrected chi connectivity index (χ0v) is 31.8. The molecule has 3 rings (SSSR count). The first kappa shape index (κ1) is 45.0. The van der Waals surface area contributed by atoms with E-state index in [2.05, 4.69) is 41.9 Å². The number of carboxylic acid groups (broad SMARTS) is 2. The van der Waals surface area contributed by atoms with Gasteiger partial charge in [0.25, 0.3) is 0 Å². The van der Waals surface area contributed by atoms with Gasteiger partial charge in [-0.05, 0) is 31.2 Å². The number of aromatic amines is 1. The van der Waals surface area contributed by atoms with Gasteiger partial charge in [-0.25, -0.2) is 9.78 Å². The maximum Gasteiger partial charge on any atom is 0.326 e. The third kappa shape index (κ3) is 14.3. The Kier molecular flexibility index (Phi) is 17.1. The van der Waals surface area contributed by atoms with E-state index < -0.39 is 115 Å². The predicted octanol–water partition coefficient (Wildman–Crippen LogP) is -3.08. The van der Waals surface area contributed by atoms with Crippen molar-refractivity contribution in [1.29, 1.82) is 0 Å². The highest BCUT2D eigenvalue weighted by atomic mass is 16.4. The van der Waals surface area contributed by atoms with Gasteiger partial charge in [0.15, 0.2) is 0 Å². The van der Waals surface area contributed by atoms with Crippen molar-refractivity contribution < 1.29 is 53.4 Å². The molecular formula is C36H50N10O11. The van der Waals surface area contributed by atoms with E-state index in [1.54, 1.807) is 44.2 Å². The summed E-state index contributed by atoms with van der Waals surface area (Å²) in [4.78, 5) is 122. The summed E-state index contributed by atoms with van der Waals surface area (Å²) in [5.74, 6) is -8.70. The Morgan fingerprint density at radius 2 is 1.49 bits per heavy atom. The maximum absolute atomic E-state index is 13.7. The zero-order chi connectivity index (χ0) is 42.2. The second-order valence-electron chi connectivity index (χ2n) is 13.8. The normalized spacial score (nSPS) is 16.2. The second-order valence-corrected chi connectivity index (χ2v) is 13.8. The Morgan fingerprint density at radius 3 is 2.09 bits per heavy atom. The average Bonchev–Trinajstić information content (AvgIpc) is 3.87. The average molecular weight is 799 g/mol. The highest BCUT2D eigenvalue weighted by Gasteiger charge is 2.40. The van der Waals surface area contributed by atoms with E-state index in [-0.39, 0.29) is 25.8 Å². The number of likely N-dealkylation sites (tertiary alicyclic amines) is 1. The second kappa shape index (κ2) is 21.6. The van der Waals surface area contributed by atoms with Gasteiger partial charge in [-0.1, -0.05) is 44.2 Å². The summed E-state index contributed by atoms with van der Waals surface area (Å²) < 4.78 is 0. The first-order chi connectivity index (χ1) is 27.0. The number of carbonyl (C=O) groups is 9. The quantitative estimate of drug-likeness (QED) is 0.0600. The van der Waals surface area contributed by atoms with Crippen LogP contribution >= 0.6 is 0 Å². The van der Waals surface area contributed by atoms with Gasteiger partial charge in [-0.15, -0.1) is 0 Å². The fraction of sp³-hybridized carbons (Fsp3) is 0.500. The number of imidazole rings is 1. The number of hydrogen-bond donors (Lipinski definition) is 10. The minimum Gasteiger partial charge on any atom is -0.481 e. The van der Waals surface area contributed by atoms with Crippen LogP contribution in [-0.4, -0.2) is 134 Å². The van der Waals surface area contributed by atoms with E-state index in [0.29, 0.717) is 17.7 Å². The molecule has 0 unspecified atom stereocenters. The Hall–Kier alpha value is -6.38. The van der Waals surface area contributed by atoms with E-state index >= 15 is 0 Å². The summed E-state index contributed by atoms with van der Waals surface area (Å²) in [6, 6.07) is 1.38. The van der Waals surface area contributed by atoms with Crippen LogP contribution in [0.2, 0.25) is 0 Å². The van der Waals surface area contributed by atoms with Crippen LogP contribution in [0.5, 0.6) is 0 Å². The number of aliphatic carboxylic acids is 2. The largest absolute Gasteiger partial charge is 0.481 e. The number of rotatable bonds is 21. The molecule has 1 aliphatic heterocycles. The Labute approximate surface area is 327 Å². The standard InChI is InChI=1S/C36H50N10O11/c1-19(2)30(35(55)46-11-7-10-26(46)34(54)44-25(36(56)57)12-21-8-5-4-6-9-21)45-28(48)17-40-33(53)24(14-29(49)50)43-31(51)20(3)42-27(47)16-39-32(52)23(37)13-22-15-38-18-41-22/h4-6,8-9,15,18-20,23-26,30H,7,10-14,16-17,37H2,1-3H3,(H,38,41)(H,39,52)(H,40,53)(H,42,47)(H,43,51)(H,44,54)(H,45,48)(H,49,50)(H,56,57)/t20-,23-,24-,25-,26-,30-/m0/s1. The maximum atomic E-state index is 13.7. The number of benzene rings is 1. The molecule has 6 atom stereocenters. The Balaban J connectivity index is 1.52. The van der Waals surface area contributed by atoms with Crippen LogP contribution in [0.15, 0.2) is 42.9 Å². The van der Waals surface area contributed by atoms with Gasteiger partial charge in [0, 0.05) is 31.3 Å². The Bertz CT molecular complexity index is 1760. The van der Waals surface area contributed by atoms with Crippen LogP contribution in [0.4, 0.5) is 0 Å². The fourth-order valence-corrected chi connectivity index (χ4v) is 5.89. The molecule has 0 saturated carbocycles. The van der Waals surface area contributed by atoms with Crippen molar-refractivity contribution >= 4 is 53.3 Å². The lowest BCUT2D eigenvalue weighted by atomic mass is 10.0. The van der Waals surface area contributed by atoms with Gasteiger partial charge in [-0.3, -0.25) is 38.4 Å². The van der Waals surface area contributed by atoms with Gasteiger partial charge in [0.05, 0.1) is 31.9 Å². The van der Waals surface area contributed by atoms with Crippen LogP contribution in [-0.2, 0) is 56.0 Å². The first-order valence-corrected chi connectivity index (χ1v) is 18.2. The van der Waals surface area contributed by atoms with Crippen LogP contribution in [0.25, 0.3) is 0 Å². The van der Waals surface area contributed by atoms with Crippen LogP contribution in [0, 0.1) is 5.92 Å². The molecule has 310 valence electrons. The molecule has 2 aromatic rings. The molecule has 0 aliphatic carbocycles. The number of nitrogens with one attached hydrogen (secondary N) is 7. The number of carbonyl (C=O) groups excluding carboxylic acids is 7. The molecule has 2 heterocycles. The molecule has 1 aromatic heterocycles. The summed E-state index contributed by atoms with van der Waals surface area (Å²) in [6.07, 6.45) is 2.89. The number of carboxylic acids is 2. The van der Waals surface area contributed by atoms with Crippen LogP contribution < -0.4 is 37.6 Å². The smallest absolute Gasteiger partial charge is 0.326 e. The number of aromatic nitrogens is 2. The lowest BCUT2D eigenvalue weighted by Crippen LogP contribution is -2.58. The molecule has 21 nitrogen and oxygen atoms in total. The van der Waals surface area contributed by atoms with E-state index in [1.807, 2.05) is 0 Å². The third-order valence-electron chi connectivity index (χ3n) is 8.95. The van der Waals surface area contributed by atoms with Gasteiger partial charge in [0.2, 0.25) is 41.4 Å². The number of hydrogen-bond acceptors (Lipinski definition) is 11. The van der Waals surface area contributed by atoms with E-state index in [4.69, 9.17) is 5.73 Å². The molecule has 57 heavy (non-hydrogen) atoms. The van der Waals surface area contributed by atoms with E-state index in [1.165, 1.54) is 24.3 Å². The van der Waals surface area contributed by atoms with Crippen molar-refractivity contribution in [3.8, 4) is 0 Å². The van der Waals surface area contributed by atoms with Crippen molar-refractivity contribution in [2.45, 2.75) is 89.1 Å². The lowest BCUT2D eigenvalue weighted by Gasteiger charge is -2.31. The molecule has 0 radical (unpaired) electrons. The van der Waals surface area contributed by atoms with E-state index in [0.717, 1.165) is 0 Å². The Morgan fingerprint density at radius 1 is 0.842 bits per heavy atom. The van der Waals surface area contributed by atoms with Crippen molar-refractivity contribution in [2.24, 2.45) is 11.7 Å². The third-order valence-corrected chi connectivity index (χ3v) is 8.95. The molecule has 1 fully saturated rings. The summed E-state index contributed by atoms with van der Waals surface area (Å²) in [5.41, 5.74) is 7.12.